The van der Waals surface area contributed by atoms with E-state index in [0.29, 0.717) is 12.0 Å². The fraction of sp³-hybridized carbons (Fsp3) is 0.600. The molecular weight excluding hydrogens is 224 g/mol. The zero-order valence-electron chi connectivity index (χ0n) is 11.6. The van der Waals surface area contributed by atoms with Crippen LogP contribution in [0.1, 0.15) is 20.8 Å². The van der Waals surface area contributed by atoms with Gasteiger partial charge in [-0.05, 0) is 37.1 Å². The number of nitrogens with one attached hydrogen (secondary N) is 1. The summed E-state index contributed by atoms with van der Waals surface area (Å²) in [7, 11) is 0. The Morgan fingerprint density at radius 3 is 2.22 bits per heavy atom. The molecule has 1 N–H and O–H groups in total. The number of ether oxygens (including phenoxy) is 1. The Labute approximate surface area is 110 Å². The lowest BCUT2D eigenvalue weighted by atomic mass is 10.1. The molecule has 1 aromatic rings. The van der Waals surface area contributed by atoms with Gasteiger partial charge in [0.25, 0.3) is 0 Å². The molecule has 1 fully saturated rings. The van der Waals surface area contributed by atoms with Crippen molar-refractivity contribution in [3.8, 4) is 0 Å². The van der Waals surface area contributed by atoms with Crippen molar-refractivity contribution in [1.29, 1.82) is 0 Å². The average molecular weight is 248 g/mol. The highest BCUT2D eigenvalue weighted by atomic mass is 16.5. The summed E-state index contributed by atoms with van der Waals surface area (Å²) in [5.41, 5.74) is 2.49. The molecule has 3 heteroatoms. The Balaban J connectivity index is 1.96. The summed E-state index contributed by atoms with van der Waals surface area (Å²) in [6.45, 7) is 10.4. The van der Waals surface area contributed by atoms with Crippen LogP contribution in [0, 0.1) is 5.92 Å². The summed E-state index contributed by atoms with van der Waals surface area (Å²) in [6, 6.07) is 9.23. The molecule has 0 aliphatic carbocycles. The lowest BCUT2D eigenvalue weighted by molar-refractivity contribution is 0.122. The topological polar surface area (TPSA) is 24.5 Å². The first-order chi connectivity index (χ1) is 8.66. The van der Waals surface area contributed by atoms with E-state index in [0.717, 1.165) is 26.3 Å². The highest BCUT2D eigenvalue weighted by Crippen LogP contribution is 2.20. The minimum Gasteiger partial charge on any atom is -0.382 e. The van der Waals surface area contributed by atoms with Crippen LogP contribution in [0.4, 0.5) is 11.4 Å². The van der Waals surface area contributed by atoms with Crippen LogP contribution in [0.15, 0.2) is 24.3 Å². The maximum absolute atomic E-state index is 5.37. The Morgan fingerprint density at radius 1 is 1.06 bits per heavy atom. The van der Waals surface area contributed by atoms with Crippen molar-refractivity contribution in [3.63, 3.8) is 0 Å². The standard InChI is InChI=1S/C15H24N2O/c1-12(2)13(3)16-14-4-6-15(7-5-14)17-8-10-18-11-9-17/h4-7,12-13,16H,8-11H2,1-3H3. The smallest absolute Gasteiger partial charge is 0.0642 e. The molecule has 100 valence electrons. The largest absolute Gasteiger partial charge is 0.382 e. The number of nitrogens with zero attached hydrogens (tertiary/aromatic N) is 1. The second kappa shape index (κ2) is 6.10. The van der Waals surface area contributed by atoms with E-state index in [2.05, 4.69) is 55.3 Å². The van der Waals surface area contributed by atoms with Crippen LogP contribution in [-0.4, -0.2) is 32.3 Å². The van der Waals surface area contributed by atoms with Crippen LogP contribution in [0.5, 0.6) is 0 Å². The van der Waals surface area contributed by atoms with Crippen molar-refractivity contribution >= 4 is 11.4 Å². The van der Waals surface area contributed by atoms with Crippen LogP contribution in [0.25, 0.3) is 0 Å². The lowest BCUT2D eigenvalue weighted by Gasteiger charge is -2.29. The molecule has 0 bridgehead atoms. The molecule has 3 nitrogen and oxygen atoms in total. The molecule has 1 saturated heterocycles. The third-order valence-corrected chi connectivity index (χ3v) is 3.64. The summed E-state index contributed by atoms with van der Waals surface area (Å²) in [4.78, 5) is 2.37. The number of hydrogen-bond acceptors (Lipinski definition) is 3. The zero-order chi connectivity index (χ0) is 13.0. The molecule has 1 heterocycles. The van der Waals surface area contributed by atoms with E-state index in [1.807, 2.05) is 0 Å². The van der Waals surface area contributed by atoms with E-state index in [-0.39, 0.29) is 0 Å². The molecule has 0 aromatic heterocycles. The van der Waals surface area contributed by atoms with Gasteiger partial charge in [0.15, 0.2) is 0 Å². The molecule has 2 rings (SSSR count). The zero-order valence-corrected chi connectivity index (χ0v) is 11.6. The van der Waals surface area contributed by atoms with Gasteiger partial charge in [-0.25, -0.2) is 0 Å². The van der Waals surface area contributed by atoms with Gasteiger partial charge in [0.2, 0.25) is 0 Å². The van der Waals surface area contributed by atoms with Crippen LogP contribution in [0.2, 0.25) is 0 Å². The Kier molecular flexibility index (Phi) is 4.48. The van der Waals surface area contributed by atoms with E-state index in [9.17, 15) is 0 Å². The fourth-order valence-corrected chi connectivity index (χ4v) is 2.02. The van der Waals surface area contributed by atoms with Gasteiger partial charge in [-0.2, -0.15) is 0 Å². The van der Waals surface area contributed by atoms with Gasteiger partial charge in [0.05, 0.1) is 13.2 Å². The maximum atomic E-state index is 5.37. The minimum absolute atomic E-state index is 0.499. The molecule has 18 heavy (non-hydrogen) atoms. The molecule has 1 aromatic carbocycles. The van der Waals surface area contributed by atoms with Crippen molar-refractivity contribution in [2.24, 2.45) is 5.92 Å². The van der Waals surface area contributed by atoms with Crippen molar-refractivity contribution in [2.45, 2.75) is 26.8 Å². The summed E-state index contributed by atoms with van der Waals surface area (Å²) in [5.74, 6) is 0.643. The van der Waals surface area contributed by atoms with Gasteiger partial charge in [0.1, 0.15) is 0 Å². The van der Waals surface area contributed by atoms with Gasteiger partial charge in [-0.3, -0.25) is 0 Å². The fourth-order valence-electron chi connectivity index (χ4n) is 2.02. The Morgan fingerprint density at radius 2 is 1.67 bits per heavy atom. The van der Waals surface area contributed by atoms with Crippen molar-refractivity contribution in [2.75, 3.05) is 36.5 Å². The molecule has 0 radical (unpaired) electrons. The number of anilines is 2. The maximum Gasteiger partial charge on any atom is 0.0642 e. The van der Waals surface area contributed by atoms with Gasteiger partial charge in [-0.1, -0.05) is 13.8 Å². The Bertz CT molecular complexity index is 355. The van der Waals surface area contributed by atoms with Gasteiger partial charge < -0.3 is 15.0 Å². The first kappa shape index (κ1) is 13.2. The van der Waals surface area contributed by atoms with Crippen LogP contribution in [0.3, 0.4) is 0 Å². The van der Waals surface area contributed by atoms with E-state index >= 15 is 0 Å². The summed E-state index contributed by atoms with van der Waals surface area (Å²) in [6.07, 6.45) is 0. The average Bonchev–Trinajstić information content (AvgIpc) is 2.40. The highest BCUT2D eigenvalue weighted by molar-refractivity contribution is 5.55. The monoisotopic (exact) mass is 248 g/mol. The third kappa shape index (κ3) is 3.39. The van der Waals surface area contributed by atoms with Crippen LogP contribution in [-0.2, 0) is 4.74 Å². The van der Waals surface area contributed by atoms with Crippen molar-refractivity contribution in [3.05, 3.63) is 24.3 Å². The minimum atomic E-state index is 0.499. The molecule has 0 saturated carbocycles. The normalized spacial score (nSPS) is 17.9. The molecule has 1 aliphatic heterocycles. The SMILES string of the molecule is CC(C)C(C)Nc1ccc(N2CCOCC2)cc1. The van der Waals surface area contributed by atoms with Gasteiger partial charge in [-0.15, -0.1) is 0 Å². The van der Waals surface area contributed by atoms with Crippen LogP contribution >= 0.6 is 0 Å². The third-order valence-electron chi connectivity index (χ3n) is 3.64. The molecule has 1 aliphatic rings. The predicted molar refractivity (Wildman–Crippen MR) is 77.4 cm³/mol. The van der Waals surface area contributed by atoms with E-state index in [4.69, 9.17) is 4.74 Å². The van der Waals surface area contributed by atoms with Crippen LogP contribution < -0.4 is 10.2 Å². The lowest BCUT2D eigenvalue weighted by Crippen LogP contribution is -2.36. The number of hydrogen-bond donors (Lipinski definition) is 1. The molecule has 0 spiro atoms. The van der Waals surface area contributed by atoms with E-state index < -0.39 is 0 Å². The highest BCUT2D eigenvalue weighted by Gasteiger charge is 2.11. The van der Waals surface area contributed by atoms with Gasteiger partial charge >= 0.3 is 0 Å². The summed E-state index contributed by atoms with van der Waals surface area (Å²) in [5, 5.41) is 3.53. The molecule has 1 atom stereocenters. The quantitative estimate of drug-likeness (QED) is 0.886. The second-order valence-corrected chi connectivity index (χ2v) is 5.32. The second-order valence-electron chi connectivity index (χ2n) is 5.32. The molecule has 1 unspecified atom stereocenters. The first-order valence-corrected chi connectivity index (χ1v) is 6.86. The number of rotatable bonds is 4. The van der Waals surface area contributed by atoms with Crippen molar-refractivity contribution < 1.29 is 4.74 Å². The first-order valence-electron chi connectivity index (χ1n) is 6.86. The van der Waals surface area contributed by atoms with Crippen molar-refractivity contribution in [1.82, 2.24) is 0 Å². The van der Waals surface area contributed by atoms with E-state index in [1.54, 1.807) is 0 Å². The number of morpholine rings is 1. The Hall–Kier alpha value is -1.22. The van der Waals surface area contributed by atoms with Gasteiger partial charge in [0, 0.05) is 30.5 Å². The molecular formula is C15H24N2O. The number of benzene rings is 1. The summed E-state index contributed by atoms with van der Waals surface area (Å²) >= 11 is 0. The van der Waals surface area contributed by atoms with E-state index in [1.165, 1.54) is 11.4 Å². The molecule has 0 amide bonds. The summed E-state index contributed by atoms with van der Waals surface area (Å²) < 4.78 is 5.37. The predicted octanol–water partition coefficient (Wildman–Crippen LogP) is 2.98.